The second-order valence-corrected chi connectivity index (χ2v) is 4.50. The van der Waals surface area contributed by atoms with E-state index in [4.69, 9.17) is 0 Å². The standard InChI is InChI=1S/C18H13F/c1-2-13-6-11-18-15(12-13)4-3-5-17(18)14-7-9-16(19)10-8-14/h2-12H,1H2. The summed E-state index contributed by atoms with van der Waals surface area (Å²) >= 11 is 0. The Morgan fingerprint density at radius 2 is 1.68 bits per heavy atom. The lowest BCUT2D eigenvalue weighted by atomic mass is 9.97. The maximum atomic E-state index is 13.0. The van der Waals surface area contributed by atoms with Crippen molar-refractivity contribution in [3.63, 3.8) is 0 Å². The van der Waals surface area contributed by atoms with Crippen molar-refractivity contribution in [3.8, 4) is 11.1 Å². The first-order valence-corrected chi connectivity index (χ1v) is 6.19. The summed E-state index contributed by atoms with van der Waals surface area (Å²) in [4.78, 5) is 0. The van der Waals surface area contributed by atoms with Crippen molar-refractivity contribution < 1.29 is 4.39 Å². The van der Waals surface area contributed by atoms with Crippen molar-refractivity contribution in [2.45, 2.75) is 0 Å². The van der Waals surface area contributed by atoms with Crippen LogP contribution in [0.2, 0.25) is 0 Å². The second kappa shape index (κ2) is 4.69. The number of benzene rings is 3. The van der Waals surface area contributed by atoms with Crippen molar-refractivity contribution in [3.05, 3.63) is 78.6 Å². The van der Waals surface area contributed by atoms with Crippen molar-refractivity contribution in [2.75, 3.05) is 0 Å². The average Bonchev–Trinajstić information content (AvgIpc) is 2.47. The predicted octanol–water partition coefficient (Wildman–Crippen LogP) is 5.29. The Hall–Kier alpha value is -2.41. The van der Waals surface area contributed by atoms with Gasteiger partial charge in [-0.2, -0.15) is 0 Å². The molecule has 0 radical (unpaired) electrons. The van der Waals surface area contributed by atoms with Crippen LogP contribution in [0.25, 0.3) is 28.0 Å². The smallest absolute Gasteiger partial charge is 0.123 e. The molecule has 0 bridgehead atoms. The molecular weight excluding hydrogens is 235 g/mol. The molecule has 0 aromatic heterocycles. The SMILES string of the molecule is C=Cc1ccc2c(-c3ccc(F)cc3)cccc2c1. The molecule has 3 rings (SSSR count). The van der Waals surface area contributed by atoms with E-state index in [1.54, 1.807) is 0 Å². The second-order valence-electron chi connectivity index (χ2n) is 4.50. The summed E-state index contributed by atoms with van der Waals surface area (Å²) in [6, 6.07) is 19.0. The van der Waals surface area contributed by atoms with Gasteiger partial charge < -0.3 is 0 Å². The minimum absolute atomic E-state index is 0.210. The van der Waals surface area contributed by atoms with Crippen LogP contribution in [0.3, 0.4) is 0 Å². The molecule has 0 amide bonds. The van der Waals surface area contributed by atoms with Crippen molar-refractivity contribution >= 4 is 16.8 Å². The fourth-order valence-electron chi connectivity index (χ4n) is 2.31. The van der Waals surface area contributed by atoms with Crippen molar-refractivity contribution in [1.29, 1.82) is 0 Å². The maximum Gasteiger partial charge on any atom is 0.123 e. The number of hydrogen-bond donors (Lipinski definition) is 0. The lowest BCUT2D eigenvalue weighted by Crippen LogP contribution is -1.83. The van der Waals surface area contributed by atoms with E-state index in [0.717, 1.165) is 16.7 Å². The fourth-order valence-corrected chi connectivity index (χ4v) is 2.31. The zero-order valence-corrected chi connectivity index (χ0v) is 10.4. The van der Waals surface area contributed by atoms with Gasteiger partial charge in [0.2, 0.25) is 0 Å². The minimum atomic E-state index is -0.210. The average molecular weight is 248 g/mol. The first-order valence-electron chi connectivity index (χ1n) is 6.19. The van der Waals surface area contributed by atoms with Crippen LogP contribution < -0.4 is 0 Å². The molecule has 19 heavy (non-hydrogen) atoms. The Morgan fingerprint density at radius 3 is 2.42 bits per heavy atom. The fraction of sp³-hybridized carbons (Fsp3) is 0. The van der Waals surface area contributed by atoms with E-state index >= 15 is 0 Å². The number of halogens is 1. The van der Waals surface area contributed by atoms with E-state index in [1.807, 2.05) is 30.3 Å². The number of fused-ring (bicyclic) bond motifs is 1. The third-order valence-electron chi connectivity index (χ3n) is 3.30. The van der Waals surface area contributed by atoms with E-state index in [0.29, 0.717) is 0 Å². The largest absolute Gasteiger partial charge is 0.207 e. The highest BCUT2D eigenvalue weighted by molar-refractivity contribution is 5.97. The summed E-state index contributed by atoms with van der Waals surface area (Å²) in [5.41, 5.74) is 3.25. The van der Waals surface area contributed by atoms with Crippen LogP contribution in [0.4, 0.5) is 4.39 Å². The van der Waals surface area contributed by atoms with Gasteiger partial charge in [0.15, 0.2) is 0 Å². The van der Waals surface area contributed by atoms with Crippen LogP contribution in [-0.4, -0.2) is 0 Å². The van der Waals surface area contributed by atoms with Gasteiger partial charge in [0.05, 0.1) is 0 Å². The Bertz CT molecular complexity index is 739. The minimum Gasteiger partial charge on any atom is -0.207 e. The molecule has 0 aliphatic carbocycles. The zero-order valence-electron chi connectivity index (χ0n) is 10.4. The van der Waals surface area contributed by atoms with E-state index in [-0.39, 0.29) is 5.82 Å². The van der Waals surface area contributed by atoms with Gasteiger partial charge in [-0.3, -0.25) is 0 Å². The summed E-state index contributed by atoms with van der Waals surface area (Å²) in [7, 11) is 0. The lowest BCUT2D eigenvalue weighted by Gasteiger charge is -2.07. The first kappa shape index (κ1) is 11.7. The van der Waals surface area contributed by atoms with Crippen LogP contribution >= 0.6 is 0 Å². The molecule has 0 atom stereocenters. The first-order chi connectivity index (χ1) is 9.28. The molecule has 0 nitrogen and oxygen atoms in total. The third-order valence-corrected chi connectivity index (χ3v) is 3.30. The molecule has 0 saturated heterocycles. The molecular formula is C18H13F. The van der Waals surface area contributed by atoms with Gasteiger partial charge in [-0.15, -0.1) is 0 Å². The van der Waals surface area contributed by atoms with Gasteiger partial charge in [-0.25, -0.2) is 4.39 Å². The Morgan fingerprint density at radius 1 is 0.895 bits per heavy atom. The Labute approximate surface area is 111 Å². The lowest BCUT2D eigenvalue weighted by molar-refractivity contribution is 0.628. The molecule has 1 heteroatoms. The van der Waals surface area contributed by atoms with Gasteiger partial charge in [-0.05, 0) is 45.7 Å². The molecule has 0 aliphatic rings. The van der Waals surface area contributed by atoms with Crippen molar-refractivity contribution in [2.24, 2.45) is 0 Å². The van der Waals surface area contributed by atoms with Gasteiger partial charge in [0.1, 0.15) is 5.82 Å². The van der Waals surface area contributed by atoms with Crippen molar-refractivity contribution in [1.82, 2.24) is 0 Å². The monoisotopic (exact) mass is 248 g/mol. The predicted molar refractivity (Wildman–Crippen MR) is 79.4 cm³/mol. The molecule has 0 N–H and O–H groups in total. The van der Waals surface area contributed by atoms with Crippen LogP contribution in [-0.2, 0) is 0 Å². The molecule has 3 aromatic rings. The van der Waals surface area contributed by atoms with Gasteiger partial charge in [0.25, 0.3) is 0 Å². The number of hydrogen-bond acceptors (Lipinski definition) is 0. The van der Waals surface area contributed by atoms with Gasteiger partial charge in [-0.1, -0.05) is 55.1 Å². The van der Waals surface area contributed by atoms with E-state index in [1.165, 1.54) is 22.9 Å². The number of rotatable bonds is 2. The van der Waals surface area contributed by atoms with E-state index in [9.17, 15) is 4.39 Å². The molecule has 0 aliphatic heterocycles. The highest BCUT2D eigenvalue weighted by Gasteiger charge is 2.04. The van der Waals surface area contributed by atoms with E-state index in [2.05, 4.69) is 30.8 Å². The van der Waals surface area contributed by atoms with Gasteiger partial charge >= 0.3 is 0 Å². The van der Waals surface area contributed by atoms with Crippen LogP contribution in [0.5, 0.6) is 0 Å². The summed E-state index contributed by atoms with van der Waals surface area (Å²) in [5.74, 6) is -0.210. The van der Waals surface area contributed by atoms with E-state index < -0.39 is 0 Å². The van der Waals surface area contributed by atoms with Gasteiger partial charge in [0, 0.05) is 0 Å². The molecule has 0 unspecified atom stereocenters. The topological polar surface area (TPSA) is 0 Å². The summed E-state index contributed by atoms with van der Waals surface area (Å²) in [5, 5.41) is 2.33. The molecule has 0 heterocycles. The highest BCUT2D eigenvalue weighted by atomic mass is 19.1. The normalized spacial score (nSPS) is 10.6. The molecule has 3 aromatic carbocycles. The molecule has 0 saturated carbocycles. The molecule has 0 fully saturated rings. The molecule has 92 valence electrons. The third kappa shape index (κ3) is 2.15. The highest BCUT2D eigenvalue weighted by Crippen LogP contribution is 2.29. The quantitative estimate of drug-likeness (QED) is 0.578. The zero-order chi connectivity index (χ0) is 13.2. The Kier molecular flexibility index (Phi) is 2.88. The molecule has 0 spiro atoms. The summed E-state index contributed by atoms with van der Waals surface area (Å²) < 4.78 is 13.0. The van der Waals surface area contributed by atoms with Crippen LogP contribution in [0.1, 0.15) is 5.56 Å². The van der Waals surface area contributed by atoms with Crippen LogP contribution in [0, 0.1) is 5.82 Å². The summed E-state index contributed by atoms with van der Waals surface area (Å²) in [6.07, 6.45) is 1.84. The Balaban J connectivity index is 2.24. The summed E-state index contributed by atoms with van der Waals surface area (Å²) in [6.45, 7) is 3.79. The van der Waals surface area contributed by atoms with Crippen LogP contribution in [0.15, 0.2) is 67.2 Å². The maximum absolute atomic E-state index is 13.0.